The van der Waals surface area contributed by atoms with Gasteiger partial charge in [-0.15, -0.1) is 0 Å². The minimum absolute atomic E-state index is 0.00326. The Morgan fingerprint density at radius 3 is 2.50 bits per heavy atom. The Bertz CT molecular complexity index is 1150. The van der Waals surface area contributed by atoms with Gasteiger partial charge in [-0.25, -0.2) is 4.79 Å². The van der Waals surface area contributed by atoms with Crippen LogP contribution < -0.4 is 0 Å². The highest BCUT2D eigenvalue weighted by atomic mass is 16.5. The van der Waals surface area contributed by atoms with E-state index in [0.717, 1.165) is 44.4 Å². The van der Waals surface area contributed by atoms with Crippen molar-refractivity contribution in [1.29, 1.82) is 0 Å². The second-order valence-corrected chi connectivity index (χ2v) is 14.3. The van der Waals surface area contributed by atoms with Crippen LogP contribution in [0, 0.1) is 46.3 Å². The van der Waals surface area contributed by atoms with E-state index in [1.54, 1.807) is 12.1 Å². The number of hydrogen-bond donors (Lipinski definition) is 1. The molecule has 3 saturated carbocycles. The third kappa shape index (κ3) is 5.03. The molecule has 4 aliphatic rings. The molecule has 40 heavy (non-hydrogen) atoms. The highest BCUT2D eigenvalue weighted by molar-refractivity contribution is 5.95. The highest BCUT2D eigenvalue weighted by Gasteiger charge is 2.62. The topological polar surface area (TPSA) is 63.6 Å². The number of rotatable bonds is 8. The molecule has 1 aromatic carbocycles. The van der Waals surface area contributed by atoms with Gasteiger partial charge in [-0.3, -0.25) is 4.79 Å². The van der Waals surface area contributed by atoms with Crippen LogP contribution in [0.4, 0.5) is 0 Å². The summed E-state index contributed by atoms with van der Waals surface area (Å²) in [5, 5.41) is 11.8. The quantitative estimate of drug-likeness (QED) is 0.265. The Hall–Kier alpha value is -2.20. The lowest BCUT2D eigenvalue weighted by molar-refractivity contribution is -0.139. The Morgan fingerprint density at radius 1 is 1.10 bits per heavy atom. The van der Waals surface area contributed by atoms with Crippen molar-refractivity contribution >= 4 is 11.8 Å². The molecule has 9 atom stereocenters. The lowest BCUT2D eigenvalue weighted by Crippen LogP contribution is -2.57. The van der Waals surface area contributed by atoms with Crippen LogP contribution in [0.1, 0.15) is 103 Å². The first-order valence-electron chi connectivity index (χ1n) is 15.9. The van der Waals surface area contributed by atoms with Gasteiger partial charge in [0.15, 0.2) is 5.78 Å². The maximum atomic E-state index is 13.8. The molecular formula is C36H50O4. The maximum Gasteiger partial charge on any atom is 0.338 e. The van der Waals surface area contributed by atoms with Gasteiger partial charge in [0.1, 0.15) is 6.10 Å². The van der Waals surface area contributed by atoms with Crippen molar-refractivity contribution in [3.63, 3.8) is 0 Å². The van der Waals surface area contributed by atoms with E-state index >= 15 is 0 Å². The molecule has 0 aliphatic heterocycles. The number of benzene rings is 1. The number of ether oxygens (including phenoxy) is 1. The van der Waals surface area contributed by atoms with E-state index < -0.39 is 6.10 Å². The number of esters is 1. The molecule has 0 bridgehead atoms. The minimum atomic E-state index is -0.469. The summed E-state index contributed by atoms with van der Waals surface area (Å²) in [7, 11) is 0. The molecular weight excluding hydrogens is 496 g/mol. The van der Waals surface area contributed by atoms with Crippen molar-refractivity contribution in [3.05, 3.63) is 59.7 Å². The second kappa shape index (κ2) is 11.2. The predicted octanol–water partition coefficient (Wildman–Crippen LogP) is 7.96. The molecule has 218 valence electrons. The third-order valence-corrected chi connectivity index (χ3v) is 11.9. The highest BCUT2D eigenvalue weighted by Crippen LogP contribution is 2.66. The number of carbonyl (C=O) groups is 2. The van der Waals surface area contributed by atoms with Gasteiger partial charge in [0.2, 0.25) is 0 Å². The summed E-state index contributed by atoms with van der Waals surface area (Å²) in [5.74, 6) is 1.74. The molecule has 0 spiro atoms. The first-order chi connectivity index (χ1) is 19.0. The zero-order valence-corrected chi connectivity index (χ0v) is 25.3. The number of carbonyl (C=O) groups excluding carboxylic acids is 2. The molecule has 0 aromatic heterocycles. The number of ketones is 1. The Morgan fingerprint density at radius 2 is 1.82 bits per heavy atom. The molecule has 4 heteroatoms. The third-order valence-electron chi connectivity index (χ3n) is 11.9. The average molecular weight is 547 g/mol. The largest absolute Gasteiger partial charge is 0.459 e. The number of hydrogen-bond acceptors (Lipinski definition) is 4. The number of fused-ring (bicyclic) bond motifs is 5. The van der Waals surface area contributed by atoms with Gasteiger partial charge in [-0.1, -0.05) is 77.0 Å². The molecule has 1 aromatic rings. The molecule has 0 saturated heterocycles. The van der Waals surface area contributed by atoms with Crippen molar-refractivity contribution < 1.29 is 19.4 Å². The van der Waals surface area contributed by atoms with Crippen molar-refractivity contribution in [3.8, 4) is 0 Å². The summed E-state index contributed by atoms with van der Waals surface area (Å²) in [6.07, 6.45) is 9.62. The summed E-state index contributed by atoms with van der Waals surface area (Å²) in [6.45, 7) is 16.1. The van der Waals surface area contributed by atoms with Crippen LogP contribution in [0.3, 0.4) is 0 Å². The van der Waals surface area contributed by atoms with Gasteiger partial charge in [-0.2, -0.15) is 0 Å². The van der Waals surface area contributed by atoms with E-state index in [1.807, 2.05) is 24.3 Å². The number of aliphatic hydroxyl groups is 1. The van der Waals surface area contributed by atoms with Crippen LogP contribution >= 0.6 is 0 Å². The summed E-state index contributed by atoms with van der Waals surface area (Å²) in [6, 6.07) is 9.08. The first-order valence-corrected chi connectivity index (χ1v) is 15.9. The monoisotopic (exact) mass is 546 g/mol. The number of allylic oxidation sites excluding steroid dienone is 2. The Labute approximate surface area is 241 Å². The molecule has 0 unspecified atom stereocenters. The van der Waals surface area contributed by atoms with Crippen molar-refractivity contribution in [2.45, 2.75) is 105 Å². The van der Waals surface area contributed by atoms with Crippen molar-refractivity contribution in [2.24, 2.45) is 46.3 Å². The Balaban J connectivity index is 1.33. The Kier molecular flexibility index (Phi) is 8.23. The molecule has 4 aliphatic carbocycles. The van der Waals surface area contributed by atoms with E-state index in [-0.39, 0.29) is 40.5 Å². The van der Waals surface area contributed by atoms with Crippen LogP contribution in [0.2, 0.25) is 0 Å². The smallest absolute Gasteiger partial charge is 0.338 e. The SMILES string of the molecule is C=C(CC[C@@H](CC)C(C)C)[C@H]1CC[C@H]2C3=CC(=O)[C@H]4C[C@@H](OC(=O)c5ccccc5)CC[C@]4(C)[C@H]3[C@H](O)C[C@]12C. The van der Waals surface area contributed by atoms with Crippen LogP contribution in [0.15, 0.2) is 54.1 Å². The van der Waals surface area contributed by atoms with E-state index in [0.29, 0.717) is 29.7 Å². The van der Waals surface area contributed by atoms with Crippen LogP contribution in [-0.2, 0) is 9.53 Å². The van der Waals surface area contributed by atoms with Gasteiger partial charge < -0.3 is 9.84 Å². The first kappa shape index (κ1) is 29.3. The fourth-order valence-corrected chi connectivity index (χ4v) is 9.59. The predicted molar refractivity (Wildman–Crippen MR) is 160 cm³/mol. The van der Waals surface area contributed by atoms with Crippen molar-refractivity contribution in [1.82, 2.24) is 0 Å². The van der Waals surface area contributed by atoms with E-state index in [9.17, 15) is 14.7 Å². The summed E-state index contributed by atoms with van der Waals surface area (Å²) < 4.78 is 5.89. The van der Waals surface area contributed by atoms with Crippen LogP contribution in [0.5, 0.6) is 0 Å². The summed E-state index contributed by atoms with van der Waals surface area (Å²) in [4.78, 5) is 26.5. The molecule has 0 radical (unpaired) electrons. The fourth-order valence-electron chi connectivity index (χ4n) is 9.59. The lowest BCUT2D eigenvalue weighted by Gasteiger charge is -2.58. The molecule has 5 rings (SSSR count). The molecule has 3 fully saturated rings. The summed E-state index contributed by atoms with van der Waals surface area (Å²) >= 11 is 0. The standard InChI is InChI=1S/C36H50O4/c1-7-24(22(2)3)14-13-23(4)28-15-16-29-27-20-31(37)30-19-26(40-34(39)25-11-9-8-10-12-25)17-18-35(30,5)33(27)32(38)21-36(28,29)6/h8-12,20,22,24,26,28-30,32-33,38H,4,7,13-19,21H2,1-3,5-6H3/t24-,26+,28-,29+,30-,32-,33-,35+,36-/m1/s1. The number of aliphatic hydroxyl groups excluding tert-OH is 1. The van der Waals surface area contributed by atoms with E-state index in [2.05, 4.69) is 41.2 Å². The second-order valence-electron chi connectivity index (χ2n) is 14.3. The average Bonchev–Trinajstić information content (AvgIpc) is 3.26. The summed E-state index contributed by atoms with van der Waals surface area (Å²) in [5.41, 5.74) is 2.74. The maximum absolute atomic E-state index is 13.8. The zero-order valence-electron chi connectivity index (χ0n) is 25.3. The molecule has 0 heterocycles. The molecule has 4 nitrogen and oxygen atoms in total. The van der Waals surface area contributed by atoms with Gasteiger partial charge >= 0.3 is 5.97 Å². The molecule has 0 amide bonds. The van der Waals surface area contributed by atoms with Gasteiger partial charge in [0, 0.05) is 11.8 Å². The van der Waals surface area contributed by atoms with Gasteiger partial charge in [0.25, 0.3) is 0 Å². The van der Waals surface area contributed by atoms with E-state index in [1.165, 1.54) is 24.0 Å². The minimum Gasteiger partial charge on any atom is -0.459 e. The molecule has 1 N–H and O–H groups in total. The van der Waals surface area contributed by atoms with E-state index in [4.69, 9.17) is 4.74 Å². The van der Waals surface area contributed by atoms with Gasteiger partial charge in [0.05, 0.1) is 11.7 Å². The van der Waals surface area contributed by atoms with Crippen LogP contribution in [-0.4, -0.2) is 29.1 Å². The zero-order chi connectivity index (χ0) is 28.8. The van der Waals surface area contributed by atoms with Gasteiger partial charge in [-0.05, 0) is 104 Å². The van der Waals surface area contributed by atoms with Crippen molar-refractivity contribution in [2.75, 3.05) is 0 Å². The fraction of sp³-hybridized carbons (Fsp3) is 0.667. The lowest BCUT2D eigenvalue weighted by atomic mass is 9.46. The van der Waals surface area contributed by atoms with Crippen LogP contribution in [0.25, 0.3) is 0 Å². The normalized spacial score (nSPS) is 37.7.